The minimum atomic E-state index is -4.72. The molecule has 12 heteroatoms. The molecule has 7 nitrogen and oxygen atoms in total. The van der Waals surface area contributed by atoms with Crippen molar-refractivity contribution in [1.29, 1.82) is 0 Å². The highest BCUT2D eigenvalue weighted by molar-refractivity contribution is 7.92. The lowest BCUT2D eigenvalue weighted by Crippen LogP contribution is -2.39. The van der Waals surface area contributed by atoms with Crippen LogP contribution in [0, 0.1) is 0 Å². The van der Waals surface area contributed by atoms with Gasteiger partial charge in [0, 0.05) is 5.56 Å². The lowest BCUT2D eigenvalue weighted by molar-refractivity contribution is -0.137. The van der Waals surface area contributed by atoms with Gasteiger partial charge in [0.1, 0.15) is 12.3 Å². The second-order valence-electron chi connectivity index (χ2n) is 5.97. The summed E-state index contributed by atoms with van der Waals surface area (Å²) in [7, 11) is -2.68. The second kappa shape index (κ2) is 9.35. The molecule has 1 N–H and O–H groups in total. The smallest absolute Gasteiger partial charge is 0.416 e. The van der Waals surface area contributed by atoms with E-state index in [9.17, 15) is 26.4 Å². The van der Waals surface area contributed by atoms with Crippen molar-refractivity contribution >= 4 is 39.4 Å². The summed E-state index contributed by atoms with van der Waals surface area (Å²) in [6.45, 7) is -0.830. The van der Waals surface area contributed by atoms with E-state index in [0.717, 1.165) is 12.3 Å². The molecule has 0 spiro atoms. The highest BCUT2D eigenvalue weighted by atomic mass is 35.5. The van der Waals surface area contributed by atoms with E-state index in [-0.39, 0.29) is 5.02 Å². The number of hydrogen-bond acceptors (Lipinski definition) is 5. The number of nitrogens with zero attached hydrogens (tertiary/aromatic N) is 2. The monoisotopic (exact) mass is 463 g/mol. The number of methoxy groups -OCH3 is 1. The maximum Gasteiger partial charge on any atom is 0.416 e. The highest BCUT2D eigenvalue weighted by Crippen LogP contribution is 2.36. The number of anilines is 1. The zero-order chi connectivity index (χ0) is 22.5. The van der Waals surface area contributed by atoms with Crippen molar-refractivity contribution in [2.75, 3.05) is 24.2 Å². The van der Waals surface area contributed by atoms with E-state index in [1.165, 1.54) is 13.3 Å². The van der Waals surface area contributed by atoms with Crippen LogP contribution in [-0.4, -0.2) is 40.4 Å². The van der Waals surface area contributed by atoms with Crippen LogP contribution in [0.3, 0.4) is 0 Å². The number of rotatable bonds is 7. The largest absolute Gasteiger partial charge is 0.496 e. The molecule has 0 saturated carbocycles. The van der Waals surface area contributed by atoms with Crippen molar-refractivity contribution in [1.82, 2.24) is 5.43 Å². The average molecular weight is 464 g/mol. The van der Waals surface area contributed by atoms with E-state index in [1.54, 1.807) is 24.3 Å². The molecule has 0 unspecified atom stereocenters. The Labute approximate surface area is 176 Å². The van der Waals surface area contributed by atoms with E-state index in [4.69, 9.17) is 16.3 Å². The summed E-state index contributed by atoms with van der Waals surface area (Å²) in [5.74, 6) is -0.399. The second-order valence-corrected chi connectivity index (χ2v) is 8.28. The number of benzene rings is 2. The summed E-state index contributed by atoms with van der Waals surface area (Å²) >= 11 is 5.90. The van der Waals surface area contributed by atoms with E-state index >= 15 is 0 Å². The molecule has 0 heterocycles. The van der Waals surface area contributed by atoms with Crippen molar-refractivity contribution in [3.63, 3.8) is 0 Å². The fourth-order valence-corrected chi connectivity index (χ4v) is 3.50. The van der Waals surface area contributed by atoms with Crippen molar-refractivity contribution in [2.45, 2.75) is 6.18 Å². The van der Waals surface area contributed by atoms with E-state index in [2.05, 4.69) is 10.5 Å². The summed E-state index contributed by atoms with van der Waals surface area (Å²) in [6.07, 6.45) is -2.70. The molecule has 0 fully saturated rings. The molecule has 2 rings (SSSR count). The number of nitrogens with one attached hydrogen (secondary N) is 1. The molecule has 2 aromatic rings. The van der Waals surface area contributed by atoms with Gasteiger partial charge >= 0.3 is 6.18 Å². The van der Waals surface area contributed by atoms with Gasteiger partial charge in [-0.2, -0.15) is 18.3 Å². The van der Waals surface area contributed by atoms with Crippen LogP contribution in [0.15, 0.2) is 47.6 Å². The number of carbonyl (C=O) groups is 1. The van der Waals surface area contributed by atoms with Gasteiger partial charge in [0.15, 0.2) is 0 Å². The van der Waals surface area contributed by atoms with Crippen LogP contribution in [0.2, 0.25) is 5.02 Å². The summed E-state index contributed by atoms with van der Waals surface area (Å²) < 4.78 is 68.8. The number of hydrazone groups is 1. The minimum absolute atomic E-state index is 0.265. The van der Waals surface area contributed by atoms with Crippen LogP contribution in [0.1, 0.15) is 11.1 Å². The quantitative estimate of drug-likeness (QED) is 0.504. The lowest BCUT2D eigenvalue weighted by atomic mass is 10.2. The summed E-state index contributed by atoms with van der Waals surface area (Å²) in [4.78, 5) is 12.2. The summed E-state index contributed by atoms with van der Waals surface area (Å²) in [5, 5.41) is 3.45. The summed E-state index contributed by atoms with van der Waals surface area (Å²) in [6, 6.07) is 8.97. The number of halogens is 4. The Balaban J connectivity index is 2.24. The predicted molar refractivity (Wildman–Crippen MR) is 107 cm³/mol. The van der Waals surface area contributed by atoms with Crippen LogP contribution in [0.25, 0.3) is 0 Å². The van der Waals surface area contributed by atoms with Crippen molar-refractivity contribution in [3.05, 3.63) is 58.6 Å². The summed E-state index contributed by atoms with van der Waals surface area (Å²) in [5.41, 5.74) is 1.08. The molecule has 0 aliphatic rings. The van der Waals surface area contributed by atoms with Gasteiger partial charge < -0.3 is 4.74 Å². The topological polar surface area (TPSA) is 88.1 Å². The molecule has 0 radical (unpaired) electrons. The molecule has 0 atom stereocenters. The van der Waals surface area contributed by atoms with Crippen LogP contribution in [0.5, 0.6) is 5.75 Å². The normalized spacial score (nSPS) is 12.1. The van der Waals surface area contributed by atoms with Gasteiger partial charge in [0.2, 0.25) is 10.0 Å². The van der Waals surface area contributed by atoms with Crippen molar-refractivity contribution in [3.8, 4) is 5.75 Å². The predicted octanol–water partition coefficient (Wildman–Crippen LogP) is 3.28. The molecule has 0 aromatic heterocycles. The number of hydrogen-bond donors (Lipinski definition) is 1. The molecule has 2 aromatic carbocycles. The fraction of sp³-hybridized carbons (Fsp3) is 0.222. The van der Waals surface area contributed by atoms with Gasteiger partial charge in [0.05, 0.1) is 35.9 Å². The Hall–Kier alpha value is -2.79. The number of carbonyl (C=O) groups excluding carboxylic acids is 1. The molecular formula is C18H17ClF3N3O4S. The van der Waals surface area contributed by atoms with E-state index in [0.29, 0.717) is 27.8 Å². The van der Waals surface area contributed by atoms with Crippen LogP contribution < -0.4 is 14.5 Å². The van der Waals surface area contributed by atoms with Gasteiger partial charge in [-0.3, -0.25) is 9.10 Å². The van der Waals surface area contributed by atoms with E-state index in [1.807, 2.05) is 0 Å². The maximum atomic E-state index is 13.0. The zero-order valence-electron chi connectivity index (χ0n) is 15.8. The van der Waals surface area contributed by atoms with Gasteiger partial charge in [-0.05, 0) is 30.3 Å². The standard InChI is InChI=1S/C18H17ClF3N3O4S/c1-29-16-6-4-3-5-12(16)10-23-24-17(26)11-25(30(2,27)28)15-9-13(18(20,21)22)7-8-14(15)19/h3-10H,11H2,1-2H3,(H,24,26)/b23-10-. The van der Waals surface area contributed by atoms with Gasteiger partial charge in [-0.25, -0.2) is 13.8 Å². The number of ether oxygens (including phenoxy) is 1. The van der Waals surface area contributed by atoms with Gasteiger partial charge in [-0.1, -0.05) is 23.7 Å². The van der Waals surface area contributed by atoms with Crippen LogP contribution in [-0.2, 0) is 21.0 Å². The first-order valence-electron chi connectivity index (χ1n) is 8.23. The molecule has 30 heavy (non-hydrogen) atoms. The average Bonchev–Trinajstić information content (AvgIpc) is 2.65. The number of sulfonamides is 1. The molecule has 0 bridgehead atoms. The Morgan fingerprint density at radius 1 is 1.27 bits per heavy atom. The number of alkyl halides is 3. The molecule has 0 saturated heterocycles. The van der Waals surface area contributed by atoms with Crippen molar-refractivity contribution in [2.24, 2.45) is 5.10 Å². The molecule has 1 amide bonds. The third-order valence-corrected chi connectivity index (χ3v) is 5.21. The van der Waals surface area contributed by atoms with E-state index < -0.39 is 39.9 Å². The first kappa shape index (κ1) is 23.5. The van der Waals surface area contributed by atoms with Crippen LogP contribution in [0.4, 0.5) is 18.9 Å². The first-order chi connectivity index (χ1) is 13.9. The lowest BCUT2D eigenvalue weighted by Gasteiger charge is -2.23. The highest BCUT2D eigenvalue weighted by Gasteiger charge is 2.33. The molecule has 162 valence electrons. The molecule has 0 aliphatic carbocycles. The molecule has 0 aliphatic heterocycles. The third kappa shape index (κ3) is 6.10. The molecular weight excluding hydrogens is 447 g/mol. The zero-order valence-corrected chi connectivity index (χ0v) is 17.3. The van der Waals surface area contributed by atoms with Crippen LogP contribution >= 0.6 is 11.6 Å². The first-order valence-corrected chi connectivity index (χ1v) is 10.5. The third-order valence-electron chi connectivity index (χ3n) is 3.76. The Kier molecular flexibility index (Phi) is 7.32. The van der Waals surface area contributed by atoms with Gasteiger partial charge in [-0.15, -0.1) is 0 Å². The Morgan fingerprint density at radius 2 is 1.93 bits per heavy atom. The van der Waals surface area contributed by atoms with Gasteiger partial charge in [0.25, 0.3) is 5.91 Å². The minimum Gasteiger partial charge on any atom is -0.496 e. The maximum absolute atomic E-state index is 13.0. The Morgan fingerprint density at radius 3 is 2.53 bits per heavy atom. The SMILES string of the molecule is COc1ccccc1/C=N\NC(=O)CN(c1cc(C(F)(F)F)ccc1Cl)S(C)(=O)=O. The fourth-order valence-electron chi connectivity index (χ4n) is 2.37. The number of amides is 1. The Bertz CT molecular complexity index is 1060. The number of para-hydroxylation sites is 1. The van der Waals surface area contributed by atoms with Crippen molar-refractivity contribution < 1.29 is 31.1 Å².